The van der Waals surface area contributed by atoms with E-state index in [1.54, 1.807) is 0 Å². The zero-order valence-electron chi connectivity index (χ0n) is 4.93. The highest BCUT2D eigenvalue weighted by molar-refractivity contribution is 7.86. The third kappa shape index (κ3) is 1.62. The number of halogens is 1. The molecule has 0 radical (unpaired) electrons. The first-order valence-corrected chi connectivity index (χ1v) is 4.11. The van der Waals surface area contributed by atoms with Crippen molar-refractivity contribution in [3.63, 3.8) is 0 Å². The summed E-state index contributed by atoms with van der Waals surface area (Å²) in [6.07, 6.45) is -0.0602. The Balaban J connectivity index is 2.81. The Morgan fingerprint density at radius 2 is 2.22 bits per heavy atom. The molecule has 54 valence electrons. The van der Waals surface area contributed by atoms with Crippen molar-refractivity contribution in [1.82, 2.24) is 0 Å². The van der Waals surface area contributed by atoms with E-state index in [1.807, 2.05) is 0 Å². The summed E-state index contributed by atoms with van der Waals surface area (Å²) in [7, 11) is -3.53. The summed E-state index contributed by atoms with van der Waals surface area (Å²) in [5, 5.41) is 0. The van der Waals surface area contributed by atoms with Crippen LogP contribution in [0.1, 0.15) is 13.3 Å². The first-order valence-electron chi connectivity index (χ1n) is 2.54. The van der Waals surface area contributed by atoms with Crippen molar-refractivity contribution in [3.05, 3.63) is 0 Å². The minimum atomic E-state index is -3.53. The van der Waals surface area contributed by atoms with Crippen LogP contribution in [-0.4, -0.2) is 20.0 Å². The smallest absolute Gasteiger partial charge is 0.231 e. The average molecular weight is 154 g/mol. The van der Waals surface area contributed by atoms with Crippen LogP contribution in [0.4, 0.5) is 4.39 Å². The van der Waals surface area contributed by atoms with Crippen LogP contribution in [0.3, 0.4) is 0 Å². The van der Waals surface area contributed by atoms with Gasteiger partial charge in [-0.2, -0.15) is 8.42 Å². The Morgan fingerprint density at radius 1 is 1.67 bits per heavy atom. The van der Waals surface area contributed by atoms with Gasteiger partial charge < -0.3 is 0 Å². The van der Waals surface area contributed by atoms with Gasteiger partial charge in [0.25, 0.3) is 10.1 Å². The second-order valence-electron chi connectivity index (χ2n) is 2.20. The van der Waals surface area contributed by atoms with Gasteiger partial charge in [0.2, 0.25) is 5.85 Å². The van der Waals surface area contributed by atoms with Gasteiger partial charge in [0.1, 0.15) is 0 Å². The van der Waals surface area contributed by atoms with E-state index in [2.05, 4.69) is 4.18 Å². The van der Waals surface area contributed by atoms with Crippen molar-refractivity contribution >= 4 is 10.1 Å². The van der Waals surface area contributed by atoms with Crippen molar-refractivity contribution in [3.8, 4) is 0 Å². The van der Waals surface area contributed by atoms with Crippen molar-refractivity contribution < 1.29 is 17.0 Å². The van der Waals surface area contributed by atoms with Gasteiger partial charge >= 0.3 is 0 Å². The van der Waals surface area contributed by atoms with Gasteiger partial charge in [-0.1, -0.05) is 0 Å². The highest BCUT2D eigenvalue weighted by Gasteiger charge is 2.39. The second kappa shape index (κ2) is 1.67. The van der Waals surface area contributed by atoms with E-state index in [-0.39, 0.29) is 12.2 Å². The molecule has 3 nitrogen and oxygen atoms in total. The van der Waals surface area contributed by atoms with Crippen molar-refractivity contribution in [2.45, 2.75) is 19.2 Å². The lowest BCUT2D eigenvalue weighted by Gasteiger charge is -2.06. The molecule has 0 aliphatic carbocycles. The lowest BCUT2D eigenvalue weighted by molar-refractivity contribution is -0.0221. The molecule has 5 heteroatoms. The summed E-state index contributed by atoms with van der Waals surface area (Å²) in [6, 6.07) is 0. The summed E-state index contributed by atoms with van der Waals surface area (Å²) >= 11 is 0. The molecule has 0 aromatic carbocycles. The van der Waals surface area contributed by atoms with Gasteiger partial charge in [0.15, 0.2) is 0 Å². The molecule has 1 aliphatic heterocycles. The quantitative estimate of drug-likeness (QED) is 0.475. The lowest BCUT2D eigenvalue weighted by atomic mass is 10.3. The molecule has 1 heterocycles. The summed E-state index contributed by atoms with van der Waals surface area (Å²) in [5.41, 5.74) is 0. The van der Waals surface area contributed by atoms with Crippen molar-refractivity contribution in [2.24, 2.45) is 0 Å². The molecular weight excluding hydrogens is 147 g/mol. The van der Waals surface area contributed by atoms with E-state index in [1.165, 1.54) is 0 Å². The molecule has 1 saturated heterocycles. The maximum atomic E-state index is 12.5. The lowest BCUT2D eigenvalue weighted by Crippen LogP contribution is -2.15. The molecule has 1 unspecified atom stereocenters. The van der Waals surface area contributed by atoms with E-state index >= 15 is 0 Å². The van der Waals surface area contributed by atoms with Crippen LogP contribution in [0.2, 0.25) is 0 Å². The van der Waals surface area contributed by atoms with Gasteiger partial charge in [0, 0.05) is 6.42 Å². The van der Waals surface area contributed by atoms with Crippen LogP contribution in [0, 0.1) is 0 Å². The number of rotatable bonds is 0. The Bertz CT molecular complexity index is 206. The fourth-order valence-electron chi connectivity index (χ4n) is 0.655. The Hall–Kier alpha value is -0.160. The van der Waals surface area contributed by atoms with E-state index in [0.29, 0.717) is 0 Å². The Morgan fingerprint density at radius 3 is 2.33 bits per heavy atom. The summed E-state index contributed by atoms with van der Waals surface area (Å²) in [5.74, 6) is -2.17. The van der Waals surface area contributed by atoms with E-state index in [4.69, 9.17) is 0 Å². The van der Waals surface area contributed by atoms with E-state index in [9.17, 15) is 12.8 Å². The summed E-state index contributed by atoms with van der Waals surface area (Å²) in [6.45, 7) is 1.11. The number of hydrogen-bond donors (Lipinski definition) is 0. The van der Waals surface area contributed by atoms with Crippen LogP contribution in [-0.2, 0) is 14.3 Å². The standard InChI is InChI=1S/C4H7FO3S/c1-4(5)2-3-9(6,7)8-4/h2-3H2,1H3. The maximum absolute atomic E-state index is 12.5. The largest absolute Gasteiger partial charge is 0.270 e. The van der Waals surface area contributed by atoms with E-state index < -0.39 is 16.0 Å². The molecule has 0 spiro atoms. The number of alkyl halides is 1. The fraction of sp³-hybridized carbons (Fsp3) is 1.00. The molecule has 0 aromatic heterocycles. The summed E-state index contributed by atoms with van der Waals surface area (Å²) < 4.78 is 37.3. The van der Waals surface area contributed by atoms with E-state index in [0.717, 1.165) is 6.92 Å². The van der Waals surface area contributed by atoms with Crippen molar-refractivity contribution in [1.29, 1.82) is 0 Å². The zero-order chi connectivity index (χ0) is 7.12. The minimum Gasteiger partial charge on any atom is -0.231 e. The highest BCUT2D eigenvalue weighted by atomic mass is 32.2. The Kier molecular flexibility index (Phi) is 1.29. The van der Waals surface area contributed by atoms with Crippen LogP contribution < -0.4 is 0 Å². The summed E-state index contributed by atoms with van der Waals surface area (Å²) in [4.78, 5) is 0. The monoisotopic (exact) mass is 154 g/mol. The SMILES string of the molecule is CC1(F)CCS(=O)(=O)O1. The third-order valence-electron chi connectivity index (χ3n) is 1.10. The molecule has 0 aromatic rings. The van der Waals surface area contributed by atoms with Gasteiger partial charge in [-0.3, -0.25) is 0 Å². The molecule has 1 fully saturated rings. The van der Waals surface area contributed by atoms with Crippen LogP contribution in [0.25, 0.3) is 0 Å². The number of hydrogen-bond acceptors (Lipinski definition) is 3. The molecule has 1 atom stereocenters. The second-order valence-corrected chi connectivity index (χ2v) is 3.89. The molecule has 9 heavy (non-hydrogen) atoms. The predicted octanol–water partition coefficient (Wildman–Crippen LogP) is 0.422. The molecule has 0 N–H and O–H groups in total. The van der Waals surface area contributed by atoms with Gasteiger partial charge in [-0.25, -0.2) is 8.57 Å². The van der Waals surface area contributed by atoms with Gasteiger partial charge in [-0.05, 0) is 6.92 Å². The zero-order valence-corrected chi connectivity index (χ0v) is 5.74. The van der Waals surface area contributed by atoms with Gasteiger partial charge in [0.05, 0.1) is 5.75 Å². The average Bonchev–Trinajstić information content (AvgIpc) is 1.78. The van der Waals surface area contributed by atoms with Crippen molar-refractivity contribution in [2.75, 3.05) is 5.75 Å². The van der Waals surface area contributed by atoms with Crippen LogP contribution in [0.5, 0.6) is 0 Å². The molecule has 1 aliphatic rings. The van der Waals surface area contributed by atoms with Gasteiger partial charge in [-0.15, -0.1) is 0 Å². The Labute approximate surface area is 52.9 Å². The maximum Gasteiger partial charge on any atom is 0.270 e. The molecule has 0 bridgehead atoms. The molecule has 1 rings (SSSR count). The molecular formula is C4H7FO3S. The highest BCUT2D eigenvalue weighted by Crippen LogP contribution is 2.27. The topological polar surface area (TPSA) is 43.4 Å². The van der Waals surface area contributed by atoms with Crippen LogP contribution in [0.15, 0.2) is 0 Å². The molecule has 0 saturated carbocycles. The first-order chi connectivity index (χ1) is 3.91. The molecule has 0 amide bonds. The van der Waals surface area contributed by atoms with Crippen LogP contribution >= 0.6 is 0 Å². The predicted molar refractivity (Wildman–Crippen MR) is 29.0 cm³/mol. The fourth-order valence-corrected chi connectivity index (χ4v) is 1.97. The normalized spacial score (nSPS) is 41.1. The first kappa shape index (κ1) is 6.95. The minimum absolute atomic E-state index is 0.0602. The third-order valence-corrected chi connectivity index (χ3v) is 2.40.